The average molecular weight is 300 g/mol. The number of aryl methyl sites for hydroxylation is 1. The molecule has 5 nitrogen and oxygen atoms in total. The quantitative estimate of drug-likeness (QED) is 0.843. The molecule has 2 aromatic rings. The summed E-state index contributed by atoms with van der Waals surface area (Å²) in [4.78, 5) is 11.2. The predicted molar refractivity (Wildman–Crippen MR) is 91.2 cm³/mol. The fraction of sp³-hybridized carbons (Fsp3) is 0.412. The molecule has 5 heteroatoms. The molecule has 1 aromatic carbocycles. The minimum absolute atomic E-state index is 0.672. The van der Waals surface area contributed by atoms with Crippen molar-refractivity contribution in [2.24, 2.45) is 0 Å². The lowest BCUT2D eigenvalue weighted by Gasteiger charge is -2.20. The SMILES string of the molecule is CCOc1ccc(Nc2cc(N(CC)CC)nc(C)n2)cc1. The van der Waals surface area contributed by atoms with E-state index in [0.29, 0.717) is 6.61 Å². The van der Waals surface area contributed by atoms with Crippen LogP contribution in [0.1, 0.15) is 26.6 Å². The van der Waals surface area contributed by atoms with E-state index >= 15 is 0 Å². The summed E-state index contributed by atoms with van der Waals surface area (Å²) in [6.45, 7) is 10.7. The Bertz CT molecular complexity index is 594. The van der Waals surface area contributed by atoms with Crippen molar-refractivity contribution in [2.75, 3.05) is 29.9 Å². The minimum Gasteiger partial charge on any atom is -0.494 e. The third-order valence-electron chi connectivity index (χ3n) is 3.35. The standard InChI is InChI=1S/C17H24N4O/c1-5-21(6-2)17-12-16(18-13(4)19-17)20-14-8-10-15(11-9-14)22-7-3/h8-12H,5-7H2,1-4H3,(H,18,19,20). The number of ether oxygens (including phenoxy) is 1. The Labute approximate surface area is 132 Å². The van der Waals surface area contributed by atoms with Gasteiger partial charge in [0.05, 0.1) is 6.61 Å². The second-order valence-electron chi connectivity index (χ2n) is 4.91. The van der Waals surface area contributed by atoms with Crippen LogP contribution in [0.15, 0.2) is 30.3 Å². The first-order valence-electron chi connectivity index (χ1n) is 7.76. The molecule has 1 aromatic heterocycles. The Hall–Kier alpha value is -2.30. The summed E-state index contributed by atoms with van der Waals surface area (Å²) in [5, 5.41) is 3.32. The summed E-state index contributed by atoms with van der Waals surface area (Å²) >= 11 is 0. The van der Waals surface area contributed by atoms with Crippen LogP contribution in [-0.4, -0.2) is 29.7 Å². The molecule has 2 rings (SSSR count). The largest absolute Gasteiger partial charge is 0.494 e. The van der Waals surface area contributed by atoms with Crippen LogP contribution in [0.5, 0.6) is 5.75 Å². The second-order valence-corrected chi connectivity index (χ2v) is 4.91. The van der Waals surface area contributed by atoms with Crippen LogP contribution in [0, 0.1) is 6.92 Å². The van der Waals surface area contributed by atoms with Gasteiger partial charge in [0.25, 0.3) is 0 Å². The highest BCUT2D eigenvalue weighted by Crippen LogP contribution is 2.21. The molecule has 0 saturated carbocycles. The Morgan fingerprint density at radius 2 is 1.73 bits per heavy atom. The van der Waals surface area contributed by atoms with E-state index in [2.05, 4.69) is 34.0 Å². The van der Waals surface area contributed by atoms with Crippen molar-refractivity contribution in [3.05, 3.63) is 36.2 Å². The second kappa shape index (κ2) is 7.64. The number of benzene rings is 1. The minimum atomic E-state index is 0.672. The molecule has 1 heterocycles. The molecule has 1 N–H and O–H groups in total. The van der Waals surface area contributed by atoms with Gasteiger partial charge in [0.1, 0.15) is 23.2 Å². The fourth-order valence-electron chi connectivity index (χ4n) is 2.27. The van der Waals surface area contributed by atoms with E-state index in [0.717, 1.165) is 42.0 Å². The van der Waals surface area contributed by atoms with Gasteiger partial charge < -0.3 is 15.0 Å². The van der Waals surface area contributed by atoms with Crippen molar-refractivity contribution in [3.63, 3.8) is 0 Å². The van der Waals surface area contributed by atoms with Crippen molar-refractivity contribution in [2.45, 2.75) is 27.7 Å². The van der Waals surface area contributed by atoms with E-state index in [1.165, 1.54) is 0 Å². The molecule has 22 heavy (non-hydrogen) atoms. The molecule has 0 saturated heterocycles. The Morgan fingerprint density at radius 3 is 2.32 bits per heavy atom. The summed E-state index contributed by atoms with van der Waals surface area (Å²) in [7, 11) is 0. The molecule has 0 atom stereocenters. The van der Waals surface area contributed by atoms with Gasteiger partial charge in [-0.25, -0.2) is 9.97 Å². The summed E-state index contributed by atoms with van der Waals surface area (Å²) < 4.78 is 5.45. The van der Waals surface area contributed by atoms with E-state index < -0.39 is 0 Å². The van der Waals surface area contributed by atoms with Gasteiger partial charge in [-0.2, -0.15) is 0 Å². The maximum Gasteiger partial charge on any atom is 0.136 e. The number of nitrogens with one attached hydrogen (secondary N) is 1. The normalized spacial score (nSPS) is 10.4. The van der Waals surface area contributed by atoms with Gasteiger partial charge in [-0.15, -0.1) is 0 Å². The summed E-state index contributed by atoms with van der Waals surface area (Å²) in [5.74, 6) is 3.39. The van der Waals surface area contributed by atoms with Crippen molar-refractivity contribution >= 4 is 17.3 Å². The molecule has 0 aliphatic rings. The number of rotatable bonds is 7. The van der Waals surface area contributed by atoms with Crippen LogP contribution in [-0.2, 0) is 0 Å². The zero-order valence-corrected chi connectivity index (χ0v) is 13.8. The molecule has 0 amide bonds. The van der Waals surface area contributed by atoms with Gasteiger partial charge in [-0.05, 0) is 52.0 Å². The molecule has 0 aliphatic carbocycles. The van der Waals surface area contributed by atoms with Crippen LogP contribution in [0.3, 0.4) is 0 Å². The van der Waals surface area contributed by atoms with Crippen molar-refractivity contribution in [3.8, 4) is 5.75 Å². The number of anilines is 3. The van der Waals surface area contributed by atoms with Gasteiger partial charge >= 0.3 is 0 Å². The van der Waals surface area contributed by atoms with Crippen molar-refractivity contribution in [1.29, 1.82) is 0 Å². The van der Waals surface area contributed by atoms with Crippen LogP contribution < -0.4 is 15.0 Å². The maximum atomic E-state index is 5.45. The first-order valence-corrected chi connectivity index (χ1v) is 7.76. The fourth-order valence-corrected chi connectivity index (χ4v) is 2.27. The first kappa shape index (κ1) is 16.1. The number of hydrogen-bond donors (Lipinski definition) is 1. The Balaban J connectivity index is 2.18. The Kier molecular flexibility index (Phi) is 5.58. The number of hydrogen-bond acceptors (Lipinski definition) is 5. The van der Waals surface area contributed by atoms with E-state index in [4.69, 9.17) is 4.74 Å². The van der Waals surface area contributed by atoms with Gasteiger partial charge in [0.15, 0.2) is 0 Å². The molecular weight excluding hydrogens is 276 g/mol. The summed E-state index contributed by atoms with van der Waals surface area (Å²) in [6.07, 6.45) is 0. The molecule has 118 valence electrons. The highest BCUT2D eigenvalue weighted by atomic mass is 16.5. The van der Waals surface area contributed by atoms with E-state index in [1.807, 2.05) is 44.2 Å². The van der Waals surface area contributed by atoms with Crippen LogP contribution in [0.25, 0.3) is 0 Å². The van der Waals surface area contributed by atoms with E-state index in [9.17, 15) is 0 Å². The highest BCUT2D eigenvalue weighted by molar-refractivity contribution is 5.60. The monoisotopic (exact) mass is 300 g/mol. The zero-order valence-electron chi connectivity index (χ0n) is 13.8. The lowest BCUT2D eigenvalue weighted by molar-refractivity contribution is 0.340. The lowest BCUT2D eigenvalue weighted by atomic mass is 10.3. The molecule has 0 bridgehead atoms. The van der Waals surface area contributed by atoms with Crippen molar-refractivity contribution < 1.29 is 4.74 Å². The van der Waals surface area contributed by atoms with E-state index in [-0.39, 0.29) is 0 Å². The summed E-state index contributed by atoms with van der Waals surface area (Å²) in [6, 6.07) is 9.85. The number of aromatic nitrogens is 2. The van der Waals surface area contributed by atoms with Crippen LogP contribution in [0.4, 0.5) is 17.3 Å². The highest BCUT2D eigenvalue weighted by Gasteiger charge is 2.07. The third kappa shape index (κ3) is 4.10. The molecule has 0 radical (unpaired) electrons. The Morgan fingerprint density at radius 1 is 1.05 bits per heavy atom. The zero-order chi connectivity index (χ0) is 15.9. The molecule has 0 unspecified atom stereocenters. The van der Waals surface area contributed by atoms with Crippen LogP contribution in [0.2, 0.25) is 0 Å². The lowest BCUT2D eigenvalue weighted by Crippen LogP contribution is -2.23. The topological polar surface area (TPSA) is 50.3 Å². The molecule has 0 fully saturated rings. The van der Waals surface area contributed by atoms with E-state index in [1.54, 1.807) is 0 Å². The summed E-state index contributed by atoms with van der Waals surface area (Å²) in [5.41, 5.74) is 0.979. The maximum absolute atomic E-state index is 5.45. The van der Waals surface area contributed by atoms with Gasteiger partial charge in [0.2, 0.25) is 0 Å². The molecule has 0 spiro atoms. The third-order valence-corrected chi connectivity index (χ3v) is 3.35. The first-order chi connectivity index (χ1) is 10.7. The van der Waals surface area contributed by atoms with Gasteiger partial charge in [-0.1, -0.05) is 0 Å². The van der Waals surface area contributed by atoms with Gasteiger partial charge in [-0.3, -0.25) is 0 Å². The number of nitrogens with zero attached hydrogens (tertiary/aromatic N) is 3. The molecular formula is C17H24N4O. The smallest absolute Gasteiger partial charge is 0.136 e. The van der Waals surface area contributed by atoms with Crippen molar-refractivity contribution in [1.82, 2.24) is 9.97 Å². The average Bonchev–Trinajstić information content (AvgIpc) is 2.50. The predicted octanol–water partition coefficient (Wildman–Crippen LogP) is 3.77. The molecule has 0 aliphatic heterocycles. The van der Waals surface area contributed by atoms with Gasteiger partial charge in [0, 0.05) is 24.8 Å². The van der Waals surface area contributed by atoms with Crippen LogP contribution >= 0.6 is 0 Å².